The number of aromatic nitrogens is 3. The van der Waals surface area contributed by atoms with Crippen molar-refractivity contribution in [3.8, 4) is 11.4 Å². The van der Waals surface area contributed by atoms with Crippen molar-refractivity contribution in [2.75, 3.05) is 25.0 Å². The molecule has 7 nitrogen and oxygen atoms in total. The number of carbonyl (C=O) groups is 1. The predicted octanol–water partition coefficient (Wildman–Crippen LogP) is 3.20. The van der Waals surface area contributed by atoms with Gasteiger partial charge in [-0.15, -0.1) is 0 Å². The number of anilines is 1. The van der Waals surface area contributed by atoms with Crippen LogP contribution in [-0.2, 0) is 11.3 Å². The highest BCUT2D eigenvalue weighted by molar-refractivity contribution is 5.91. The Hall–Kier alpha value is -2.93. The second-order valence-corrected chi connectivity index (χ2v) is 7.36. The molecular weight excluding hydrogens is 354 g/mol. The molecule has 0 atom stereocenters. The minimum atomic E-state index is -0.0484. The van der Waals surface area contributed by atoms with Crippen LogP contribution in [0.3, 0.4) is 0 Å². The van der Waals surface area contributed by atoms with E-state index in [1.165, 1.54) is 0 Å². The fourth-order valence-corrected chi connectivity index (χ4v) is 3.72. The van der Waals surface area contributed by atoms with Gasteiger partial charge in [0.15, 0.2) is 5.82 Å². The van der Waals surface area contributed by atoms with Crippen LogP contribution in [0.5, 0.6) is 0 Å². The summed E-state index contributed by atoms with van der Waals surface area (Å²) in [6.45, 7) is 4.99. The van der Waals surface area contributed by atoms with Crippen molar-refractivity contribution >= 4 is 11.7 Å². The minimum Gasteiger partial charge on any atom is -0.360 e. The van der Waals surface area contributed by atoms with Gasteiger partial charge in [0.2, 0.25) is 5.91 Å². The number of imidazole rings is 1. The first-order chi connectivity index (χ1) is 13.7. The van der Waals surface area contributed by atoms with Crippen molar-refractivity contribution in [3.63, 3.8) is 0 Å². The molecule has 1 aromatic carbocycles. The Labute approximate surface area is 164 Å². The number of hydrogen-bond acceptors (Lipinski definition) is 5. The Morgan fingerprint density at radius 2 is 2.04 bits per heavy atom. The lowest BCUT2D eigenvalue weighted by Crippen LogP contribution is -2.40. The maximum absolute atomic E-state index is 12.2. The third kappa shape index (κ3) is 4.48. The molecule has 0 aliphatic carbocycles. The number of piperidine rings is 1. The molecule has 3 heterocycles. The summed E-state index contributed by atoms with van der Waals surface area (Å²) in [7, 11) is 0. The number of likely N-dealkylation sites (tertiary alicyclic amines) is 1. The summed E-state index contributed by atoms with van der Waals surface area (Å²) >= 11 is 0. The zero-order chi connectivity index (χ0) is 19.3. The van der Waals surface area contributed by atoms with E-state index in [0.717, 1.165) is 43.9 Å². The van der Waals surface area contributed by atoms with Crippen LogP contribution in [0.25, 0.3) is 11.4 Å². The van der Waals surface area contributed by atoms with E-state index < -0.39 is 0 Å². The third-order valence-electron chi connectivity index (χ3n) is 5.17. The van der Waals surface area contributed by atoms with Crippen molar-refractivity contribution in [1.82, 2.24) is 19.6 Å². The fourth-order valence-electron chi connectivity index (χ4n) is 3.72. The highest BCUT2D eigenvalue weighted by atomic mass is 16.5. The highest BCUT2D eigenvalue weighted by Gasteiger charge is 2.22. The average molecular weight is 379 g/mol. The smallest absolute Gasteiger partial charge is 0.239 e. The van der Waals surface area contributed by atoms with Gasteiger partial charge >= 0.3 is 0 Å². The van der Waals surface area contributed by atoms with Crippen LogP contribution in [0.15, 0.2) is 53.3 Å². The van der Waals surface area contributed by atoms with E-state index in [9.17, 15) is 4.79 Å². The third-order valence-corrected chi connectivity index (χ3v) is 5.17. The summed E-state index contributed by atoms with van der Waals surface area (Å²) < 4.78 is 7.22. The Morgan fingerprint density at radius 3 is 2.75 bits per heavy atom. The molecule has 0 saturated carbocycles. The van der Waals surface area contributed by atoms with Crippen LogP contribution in [0, 0.1) is 12.8 Å². The van der Waals surface area contributed by atoms with E-state index in [1.54, 1.807) is 13.0 Å². The first-order valence-corrected chi connectivity index (χ1v) is 9.69. The number of benzene rings is 1. The van der Waals surface area contributed by atoms with E-state index in [0.29, 0.717) is 24.0 Å². The topological polar surface area (TPSA) is 76.2 Å². The van der Waals surface area contributed by atoms with Gasteiger partial charge in [-0.05, 0) is 38.8 Å². The first kappa shape index (κ1) is 18.4. The largest absolute Gasteiger partial charge is 0.360 e. The molecule has 1 amide bonds. The average Bonchev–Trinajstić information content (AvgIpc) is 3.33. The molecule has 146 valence electrons. The van der Waals surface area contributed by atoms with Gasteiger partial charge in [-0.3, -0.25) is 9.69 Å². The number of hydrogen-bond donors (Lipinski definition) is 1. The van der Waals surface area contributed by atoms with Crippen molar-refractivity contribution in [2.24, 2.45) is 5.92 Å². The second-order valence-electron chi connectivity index (χ2n) is 7.36. The molecule has 1 N–H and O–H groups in total. The van der Waals surface area contributed by atoms with Crippen LogP contribution in [-0.4, -0.2) is 45.1 Å². The SMILES string of the molecule is Cc1cc(NC(=O)CN2CCC(Cn3ccnc3-c3ccccc3)CC2)no1. The maximum Gasteiger partial charge on any atom is 0.239 e. The molecule has 1 aliphatic rings. The number of carbonyl (C=O) groups excluding carboxylic acids is 1. The summed E-state index contributed by atoms with van der Waals surface area (Å²) in [6.07, 6.45) is 6.07. The molecule has 1 aliphatic heterocycles. The number of amides is 1. The molecule has 0 radical (unpaired) electrons. The van der Waals surface area contributed by atoms with Crippen molar-refractivity contribution in [2.45, 2.75) is 26.3 Å². The molecule has 1 saturated heterocycles. The van der Waals surface area contributed by atoms with Gasteiger partial charge in [0.25, 0.3) is 0 Å². The predicted molar refractivity (Wildman–Crippen MR) is 107 cm³/mol. The number of nitrogens with zero attached hydrogens (tertiary/aromatic N) is 4. The Bertz CT molecular complexity index is 910. The summed E-state index contributed by atoms with van der Waals surface area (Å²) in [5.41, 5.74) is 1.14. The Morgan fingerprint density at radius 1 is 1.25 bits per heavy atom. The van der Waals surface area contributed by atoms with Crippen molar-refractivity contribution in [3.05, 3.63) is 54.6 Å². The van der Waals surface area contributed by atoms with Crippen molar-refractivity contribution < 1.29 is 9.32 Å². The van der Waals surface area contributed by atoms with Gasteiger partial charge < -0.3 is 14.4 Å². The number of rotatable bonds is 6. The normalized spacial score (nSPS) is 15.6. The van der Waals surface area contributed by atoms with Crippen molar-refractivity contribution in [1.29, 1.82) is 0 Å². The lowest BCUT2D eigenvalue weighted by Gasteiger charge is -2.31. The van der Waals surface area contributed by atoms with Crippen LogP contribution in [0.2, 0.25) is 0 Å². The van der Waals surface area contributed by atoms with E-state index in [-0.39, 0.29) is 5.91 Å². The number of aryl methyl sites for hydroxylation is 1. The lowest BCUT2D eigenvalue weighted by molar-refractivity contribution is -0.117. The number of nitrogens with one attached hydrogen (secondary N) is 1. The van der Waals surface area contributed by atoms with Gasteiger partial charge in [-0.1, -0.05) is 35.5 Å². The van der Waals surface area contributed by atoms with Crippen LogP contribution >= 0.6 is 0 Å². The summed E-state index contributed by atoms with van der Waals surface area (Å²) in [5.74, 6) is 2.73. The quantitative estimate of drug-likeness (QED) is 0.712. The first-order valence-electron chi connectivity index (χ1n) is 9.69. The molecule has 4 rings (SSSR count). The highest BCUT2D eigenvalue weighted by Crippen LogP contribution is 2.23. The standard InChI is InChI=1S/C21H25N5O2/c1-16-13-19(24-28-16)23-20(27)15-25-10-7-17(8-11-25)14-26-12-9-22-21(26)18-5-3-2-4-6-18/h2-6,9,12-13,17H,7-8,10-11,14-15H2,1H3,(H,23,24,27). The van der Waals surface area contributed by atoms with Gasteiger partial charge in [0.1, 0.15) is 11.6 Å². The van der Waals surface area contributed by atoms with Gasteiger partial charge in [-0.25, -0.2) is 4.98 Å². The zero-order valence-electron chi connectivity index (χ0n) is 16.0. The van der Waals surface area contributed by atoms with Crippen LogP contribution < -0.4 is 5.32 Å². The second kappa shape index (κ2) is 8.39. The monoisotopic (exact) mass is 379 g/mol. The minimum absolute atomic E-state index is 0.0484. The summed E-state index contributed by atoms with van der Waals surface area (Å²) in [5, 5.41) is 6.59. The zero-order valence-corrected chi connectivity index (χ0v) is 16.0. The van der Waals surface area contributed by atoms with Crippen LogP contribution in [0.1, 0.15) is 18.6 Å². The molecule has 2 aromatic heterocycles. The van der Waals surface area contributed by atoms with Gasteiger partial charge in [0, 0.05) is 30.6 Å². The van der Waals surface area contributed by atoms with Gasteiger partial charge in [0.05, 0.1) is 6.54 Å². The molecule has 7 heteroatoms. The molecule has 28 heavy (non-hydrogen) atoms. The van der Waals surface area contributed by atoms with E-state index in [4.69, 9.17) is 4.52 Å². The summed E-state index contributed by atoms with van der Waals surface area (Å²) in [6, 6.07) is 12.0. The van der Waals surface area contributed by atoms with E-state index in [1.807, 2.05) is 24.4 Å². The van der Waals surface area contributed by atoms with Gasteiger partial charge in [-0.2, -0.15) is 0 Å². The molecule has 0 spiro atoms. The molecule has 0 unspecified atom stereocenters. The lowest BCUT2D eigenvalue weighted by atomic mass is 9.96. The van der Waals surface area contributed by atoms with E-state index >= 15 is 0 Å². The molecule has 3 aromatic rings. The van der Waals surface area contributed by atoms with E-state index in [2.05, 4.69) is 43.3 Å². The molecular formula is C21H25N5O2. The molecule has 0 bridgehead atoms. The Kier molecular flexibility index (Phi) is 5.53. The molecule has 1 fully saturated rings. The fraction of sp³-hybridized carbons (Fsp3) is 0.381. The maximum atomic E-state index is 12.2. The van der Waals surface area contributed by atoms with Crippen LogP contribution in [0.4, 0.5) is 5.82 Å². The summed E-state index contributed by atoms with van der Waals surface area (Å²) in [4.78, 5) is 18.9. The Balaban J connectivity index is 1.27.